The van der Waals surface area contributed by atoms with Crippen LogP contribution >= 0.6 is 0 Å². The second-order valence-electron chi connectivity index (χ2n) is 4.45. The molecule has 0 saturated heterocycles. The second-order valence-corrected chi connectivity index (χ2v) is 4.45. The summed E-state index contributed by atoms with van der Waals surface area (Å²) in [4.78, 5) is 10.9. The largest absolute Gasteiger partial charge is 0.339 e. The normalized spacial score (nSPS) is 12.9. The lowest BCUT2D eigenvalue weighted by atomic mass is 10.1. The highest BCUT2D eigenvalue weighted by molar-refractivity contribution is 5.30. The average molecular weight is 222 g/mol. The molecule has 0 bridgehead atoms. The molecule has 2 N–H and O–H groups in total. The van der Waals surface area contributed by atoms with Gasteiger partial charge in [-0.2, -0.15) is 0 Å². The zero-order valence-corrected chi connectivity index (χ0v) is 10.6. The standard InChI is InChI=1S/C12H22N4/c1-5-16(9(2)3)12-14-7-11(8-15-12)6-10(4)13/h7-10H,5-6,13H2,1-4H3. The minimum atomic E-state index is 0.154. The molecule has 0 aliphatic carbocycles. The van der Waals surface area contributed by atoms with E-state index in [9.17, 15) is 0 Å². The summed E-state index contributed by atoms with van der Waals surface area (Å²) in [7, 11) is 0. The molecule has 0 aliphatic rings. The van der Waals surface area contributed by atoms with Gasteiger partial charge < -0.3 is 10.6 Å². The molecular formula is C12H22N4. The summed E-state index contributed by atoms with van der Waals surface area (Å²) in [5.41, 5.74) is 6.83. The number of hydrogen-bond donors (Lipinski definition) is 1. The first-order valence-electron chi connectivity index (χ1n) is 5.87. The maximum absolute atomic E-state index is 5.73. The van der Waals surface area contributed by atoms with Gasteiger partial charge in [0.2, 0.25) is 5.95 Å². The van der Waals surface area contributed by atoms with Gasteiger partial charge in [0, 0.05) is 31.0 Å². The summed E-state index contributed by atoms with van der Waals surface area (Å²) in [5, 5.41) is 0. The average Bonchev–Trinajstić information content (AvgIpc) is 2.20. The predicted octanol–water partition coefficient (Wildman–Crippen LogP) is 1.60. The zero-order chi connectivity index (χ0) is 12.1. The van der Waals surface area contributed by atoms with Gasteiger partial charge in [-0.15, -0.1) is 0 Å². The van der Waals surface area contributed by atoms with E-state index in [1.807, 2.05) is 19.3 Å². The SMILES string of the molecule is CCN(c1ncc(CC(C)N)cn1)C(C)C. The number of hydrogen-bond acceptors (Lipinski definition) is 4. The molecule has 4 heteroatoms. The van der Waals surface area contributed by atoms with Crippen LogP contribution in [-0.4, -0.2) is 28.6 Å². The minimum absolute atomic E-state index is 0.154. The number of nitrogens with zero attached hydrogens (tertiary/aromatic N) is 3. The fraction of sp³-hybridized carbons (Fsp3) is 0.667. The van der Waals surface area contributed by atoms with E-state index in [1.54, 1.807) is 0 Å². The predicted molar refractivity (Wildman–Crippen MR) is 67.5 cm³/mol. The van der Waals surface area contributed by atoms with Crippen LogP contribution < -0.4 is 10.6 Å². The van der Waals surface area contributed by atoms with Crippen molar-refractivity contribution < 1.29 is 0 Å². The number of rotatable bonds is 5. The van der Waals surface area contributed by atoms with Crippen LogP contribution in [0.3, 0.4) is 0 Å². The van der Waals surface area contributed by atoms with E-state index in [-0.39, 0.29) is 6.04 Å². The van der Waals surface area contributed by atoms with E-state index in [0.717, 1.165) is 24.5 Å². The summed E-state index contributed by atoms with van der Waals surface area (Å²) >= 11 is 0. The lowest BCUT2D eigenvalue weighted by molar-refractivity contribution is 0.676. The van der Waals surface area contributed by atoms with Crippen molar-refractivity contribution in [2.24, 2.45) is 5.73 Å². The van der Waals surface area contributed by atoms with Gasteiger partial charge in [-0.1, -0.05) is 0 Å². The molecule has 4 nitrogen and oxygen atoms in total. The van der Waals surface area contributed by atoms with Crippen molar-refractivity contribution in [2.45, 2.75) is 46.2 Å². The molecule has 0 saturated carbocycles. The fourth-order valence-corrected chi connectivity index (χ4v) is 1.71. The molecule has 0 amide bonds. The Morgan fingerprint density at radius 3 is 2.19 bits per heavy atom. The van der Waals surface area contributed by atoms with Crippen LogP contribution in [0.1, 0.15) is 33.3 Å². The Hall–Kier alpha value is -1.16. The van der Waals surface area contributed by atoms with Gasteiger partial charge in [0.15, 0.2) is 0 Å². The van der Waals surface area contributed by atoms with E-state index >= 15 is 0 Å². The summed E-state index contributed by atoms with van der Waals surface area (Å²) in [6.07, 6.45) is 4.57. The molecule has 90 valence electrons. The summed E-state index contributed by atoms with van der Waals surface area (Å²) in [6, 6.07) is 0.575. The van der Waals surface area contributed by atoms with Gasteiger partial charge in [0.1, 0.15) is 0 Å². The first kappa shape index (κ1) is 12.9. The molecule has 1 unspecified atom stereocenters. The van der Waals surface area contributed by atoms with Gasteiger partial charge in [0.25, 0.3) is 0 Å². The van der Waals surface area contributed by atoms with Gasteiger partial charge in [-0.05, 0) is 39.7 Å². The van der Waals surface area contributed by atoms with E-state index in [0.29, 0.717) is 6.04 Å². The third kappa shape index (κ3) is 3.45. The lowest BCUT2D eigenvalue weighted by Crippen LogP contribution is -2.32. The van der Waals surface area contributed by atoms with Crippen molar-refractivity contribution in [1.82, 2.24) is 9.97 Å². The van der Waals surface area contributed by atoms with Crippen molar-refractivity contribution in [3.8, 4) is 0 Å². The lowest BCUT2D eigenvalue weighted by Gasteiger charge is -2.24. The van der Waals surface area contributed by atoms with Crippen LogP contribution in [0, 0.1) is 0 Å². The van der Waals surface area contributed by atoms with Gasteiger partial charge in [0.05, 0.1) is 0 Å². The molecule has 1 aromatic heterocycles. The molecule has 16 heavy (non-hydrogen) atoms. The molecule has 1 rings (SSSR count). The first-order chi connectivity index (χ1) is 7.54. The maximum Gasteiger partial charge on any atom is 0.225 e. The van der Waals surface area contributed by atoms with E-state index in [4.69, 9.17) is 5.73 Å². The fourth-order valence-electron chi connectivity index (χ4n) is 1.71. The third-order valence-electron chi connectivity index (χ3n) is 2.47. The molecule has 0 fully saturated rings. The Labute approximate surface area is 97.9 Å². The molecule has 0 radical (unpaired) electrons. The van der Waals surface area contributed by atoms with Crippen LogP contribution in [0.25, 0.3) is 0 Å². The highest BCUT2D eigenvalue weighted by atomic mass is 15.3. The molecule has 0 aromatic carbocycles. The van der Waals surface area contributed by atoms with Crippen LogP contribution in [0.4, 0.5) is 5.95 Å². The highest BCUT2D eigenvalue weighted by Crippen LogP contribution is 2.10. The quantitative estimate of drug-likeness (QED) is 0.822. The first-order valence-corrected chi connectivity index (χ1v) is 5.87. The summed E-state index contributed by atoms with van der Waals surface area (Å²) in [6.45, 7) is 9.30. The topological polar surface area (TPSA) is 55.0 Å². The summed E-state index contributed by atoms with van der Waals surface area (Å²) in [5.74, 6) is 0.797. The molecule has 1 atom stereocenters. The van der Waals surface area contributed by atoms with Gasteiger partial charge >= 0.3 is 0 Å². The smallest absolute Gasteiger partial charge is 0.225 e. The van der Waals surface area contributed by atoms with Crippen molar-refractivity contribution in [1.29, 1.82) is 0 Å². The summed E-state index contributed by atoms with van der Waals surface area (Å²) < 4.78 is 0. The van der Waals surface area contributed by atoms with Crippen LogP contribution in [0.5, 0.6) is 0 Å². The molecule has 0 aliphatic heterocycles. The van der Waals surface area contributed by atoms with Crippen molar-refractivity contribution >= 4 is 5.95 Å². The monoisotopic (exact) mass is 222 g/mol. The van der Waals surface area contributed by atoms with Gasteiger partial charge in [-0.25, -0.2) is 9.97 Å². The Morgan fingerprint density at radius 1 is 1.25 bits per heavy atom. The molecule has 1 aromatic rings. The minimum Gasteiger partial charge on any atom is -0.339 e. The van der Waals surface area contributed by atoms with E-state index in [2.05, 4.69) is 35.6 Å². The van der Waals surface area contributed by atoms with Crippen LogP contribution in [-0.2, 0) is 6.42 Å². The Bertz CT molecular complexity index is 305. The number of anilines is 1. The molecule has 0 spiro atoms. The highest BCUT2D eigenvalue weighted by Gasteiger charge is 2.10. The van der Waals surface area contributed by atoms with Crippen LogP contribution in [0.15, 0.2) is 12.4 Å². The zero-order valence-electron chi connectivity index (χ0n) is 10.6. The van der Waals surface area contributed by atoms with Gasteiger partial charge in [-0.3, -0.25) is 0 Å². The number of nitrogens with two attached hydrogens (primary N) is 1. The Balaban J connectivity index is 2.77. The molecular weight excluding hydrogens is 200 g/mol. The third-order valence-corrected chi connectivity index (χ3v) is 2.47. The van der Waals surface area contributed by atoms with E-state index in [1.165, 1.54) is 0 Å². The van der Waals surface area contributed by atoms with Crippen molar-refractivity contribution in [2.75, 3.05) is 11.4 Å². The maximum atomic E-state index is 5.73. The van der Waals surface area contributed by atoms with Crippen molar-refractivity contribution in [3.05, 3.63) is 18.0 Å². The van der Waals surface area contributed by atoms with Crippen LogP contribution in [0.2, 0.25) is 0 Å². The van der Waals surface area contributed by atoms with Crippen molar-refractivity contribution in [3.63, 3.8) is 0 Å². The second kappa shape index (κ2) is 5.80. The Morgan fingerprint density at radius 2 is 1.81 bits per heavy atom. The number of aromatic nitrogens is 2. The Kier molecular flexibility index (Phi) is 4.68. The van der Waals surface area contributed by atoms with E-state index < -0.39 is 0 Å². The molecule has 1 heterocycles.